The Kier molecular flexibility index (Phi) is 11.1. The zero-order chi connectivity index (χ0) is 15.4. The molecular formula is C16H30O4. The molecule has 0 rings (SSSR count). The molecule has 0 saturated heterocycles. The van der Waals surface area contributed by atoms with Crippen molar-refractivity contribution in [2.24, 2.45) is 11.8 Å². The quantitative estimate of drug-likeness (QED) is 0.330. The van der Waals surface area contributed by atoms with Crippen LogP contribution in [0, 0.1) is 11.8 Å². The van der Waals surface area contributed by atoms with Crippen molar-refractivity contribution in [3.63, 3.8) is 0 Å². The van der Waals surface area contributed by atoms with E-state index in [0.717, 1.165) is 25.7 Å². The van der Waals surface area contributed by atoms with E-state index in [2.05, 4.69) is 6.92 Å². The SMILES string of the molecule is CCCCCCC(CC)C(C(=O)OCC)C(=O)OCC. The van der Waals surface area contributed by atoms with Crippen LogP contribution in [0.4, 0.5) is 0 Å². The van der Waals surface area contributed by atoms with Gasteiger partial charge in [0.25, 0.3) is 0 Å². The summed E-state index contributed by atoms with van der Waals surface area (Å²) in [6.45, 7) is 8.26. The van der Waals surface area contributed by atoms with Crippen LogP contribution in [0.2, 0.25) is 0 Å². The average Bonchev–Trinajstić information content (AvgIpc) is 2.42. The molecule has 118 valence electrons. The van der Waals surface area contributed by atoms with Gasteiger partial charge in [-0.3, -0.25) is 9.59 Å². The van der Waals surface area contributed by atoms with Crippen LogP contribution in [-0.4, -0.2) is 25.2 Å². The van der Waals surface area contributed by atoms with Gasteiger partial charge in [0.1, 0.15) is 0 Å². The van der Waals surface area contributed by atoms with Crippen molar-refractivity contribution in [1.29, 1.82) is 0 Å². The Labute approximate surface area is 123 Å². The smallest absolute Gasteiger partial charge is 0.320 e. The second kappa shape index (κ2) is 11.7. The minimum absolute atomic E-state index is 0.0185. The maximum Gasteiger partial charge on any atom is 0.320 e. The molecule has 0 aliphatic rings. The van der Waals surface area contributed by atoms with E-state index < -0.39 is 17.9 Å². The van der Waals surface area contributed by atoms with Crippen LogP contribution >= 0.6 is 0 Å². The Balaban J connectivity index is 4.67. The van der Waals surface area contributed by atoms with Crippen molar-refractivity contribution in [3.8, 4) is 0 Å². The summed E-state index contributed by atoms with van der Waals surface area (Å²) in [5, 5.41) is 0. The van der Waals surface area contributed by atoms with Crippen LogP contribution in [-0.2, 0) is 19.1 Å². The number of carbonyl (C=O) groups is 2. The Morgan fingerprint density at radius 1 is 0.850 bits per heavy atom. The summed E-state index contributed by atoms with van der Waals surface area (Å²) in [6, 6.07) is 0. The second-order valence-corrected chi connectivity index (χ2v) is 5.00. The van der Waals surface area contributed by atoms with E-state index in [1.54, 1.807) is 13.8 Å². The van der Waals surface area contributed by atoms with Gasteiger partial charge in [0.2, 0.25) is 0 Å². The van der Waals surface area contributed by atoms with E-state index in [-0.39, 0.29) is 5.92 Å². The fourth-order valence-corrected chi connectivity index (χ4v) is 2.38. The summed E-state index contributed by atoms with van der Waals surface area (Å²) >= 11 is 0. The predicted molar refractivity (Wildman–Crippen MR) is 79.3 cm³/mol. The van der Waals surface area contributed by atoms with Gasteiger partial charge in [0, 0.05) is 0 Å². The highest BCUT2D eigenvalue weighted by Crippen LogP contribution is 2.25. The molecule has 0 aromatic rings. The first kappa shape index (κ1) is 18.9. The lowest BCUT2D eigenvalue weighted by molar-refractivity contribution is -0.164. The summed E-state index contributed by atoms with van der Waals surface area (Å²) in [6.07, 6.45) is 6.22. The van der Waals surface area contributed by atoms with Gasteiger partial charge in [0.15, 0.2) is 5.92 Å². The normalized spacial score (nSPS) is 12.2. The number of hydrogen-bond donors (Lipinski definition) is 0. The van der Waals surface area contributed by atoms with Crippen molar-refractivity contribution < 1.29 is 19.1 Å². The molecule has 20 heavy (non-hydrogen) atoms. The van der Waals surface area contributed by atoms with Crippen LogP contribution in [0.25, 0.3) is 0 Å². The molecule has 0 amide bonds. The summed E-state index contributed by atoms with van der Waals surface area (Å²) < 4.78 is 10.1. The van der Waals surface area contributed by atoms with Crippen LogP contribution in [0.3, 0.4) is 0 Å². The first-order valence-corrected chi connectivity index (χ1v) is 7.95. The molecule has 4 nitrogen and oxygen atoms in total. The zero-order valence-electron chi connectivity index (χ0n) is 13.4. The van der Waals surface area contributed by atoms with Crippen LogP contribution in [0.5, 0.6) is 0 Å². The summed E-state index contributed by atoms with van der Waals surface area (Å²) in [5.41, 5.74) is 0. The Bertz CT molecular complexity index is 258. The number of rotatable bonds is 11. The van der Waals surface area contributed by atoms with Gasteiger partial charge in [-0.2, -0.15) is 0 Å². The van der Waals surface area contributed by atoms with Crippen LogP contribution in [0.15, 0.2) is 0 Å². The molecule has 1 atom stereocenters. The first-order valence-electron chi connectivity index (χ1n) is 7.95. The maximum atomic E-state index is 12.0. The van der Waals surface area contributed by atoms with Gasteiger partial charge in [-0.15, -0.1) is 0 Å². The monoisotopic (exact) mass is 286 g/mol. The predicted octanol–water partition coefficient (Wildman–Crippen LogP) is 3.73. The van der Waals surface area contributed by atoms with Gasteiger partial charge in [0.05, 0.1) is 13.2 Å². The largest absolute Gasteiger partial charge is 0.465 e. The van der Waals surface area contributed by atoms with Crippen molar-refractivity contribution in [2.75, 3.05) is 13.2 Å². The third-order valence-corrected chi connectivity index (χ3v) is 3.51. The first-order chi connectivity index (χ1) is 9.62. The molecule has 0 aliphatic carbocycles. The third kappa shape index (κ3) is 6.92. The zero-order valence-corrected chi connectivity index (χ0v) is 13.4. The summed E-state index contributed by atoms with van der Waals surface area (Å²) in [7, 11) is 0. The molecule has 0 aliphatic heterocycles. The standard InChI is InChI=1S/C16H30O4/c1-5-9-10-11-12-13(6-2)14(15(17)19-7-3)16(18)20-8-4/h13-14H,5-12H2,1-4H3. The summed E-state index contributed by atoms with van der Waals surface area (Å²) in [4.78, 5) is 24.1. The molecule has 0 radical (unpaired) electrons. The Hall–Kier alpha value is -1.06. The molecule has 0 aromatic heterocycles. The van der Waals surface area contributed by atoms with Crippen molar-refractivity contribution in [1.82, 2.24) is 0 Å². The highest BCUT2D eigenvalue weighted by atomic mass is 16.6. The van der Waals surface area contributed by atoms with Crippen LogP contribution in [0.1, 0.15) is 66.2 Å². The average molecular weight is 286 g/mol. The van der Waals surface area contributed by atoms with E-state index in [1.165, 1.54) is 12.8 Å². The van der Waals surface area contributed by atoms with Crippen LogP contribution < -0.4 is 0 Å². The van der Waals surface area contributed by atoms with Crippen molar-refractivity contribution >= 4 is 11.9 Å². The topological polar surface area (TPSA) is 52.6 Å². The van der Waals surface area contributed by atoms with Gasteiger partial charge in [-0.05, 0) is 26.2 Å². The third-order valence-electron chi connectivity index (χ3n) is 3.51. The van der Waals surface area contributed by atoms with Gasteiger partial charge >= 0.3 is 11.9 Å². The molecule has 4 heteroatoms. The lowest BCUT2D eigenvalue weighted by Crippen LogP contribution is -2.34. The lowest BCUT2D eigenvalue weighted by Gasteiger charge is -2.23. The number of carbonyl (C=O) groups excluding carboxylic acids is 2. The molecule has 0 N–H and O–H groups in total. The second-order valence-electron chi connectivity index (χ2n) is 5.00. The maximum absolute atomic E-state index is 12.0. The van der Waals surface area contributed by atoms with Gasteiger partial charge < -0.3 is 9.47 Å². The number of ether oxygens (including phenoxy) is 2. The lowest BCUT2D eigenvalue weighted by atomic mass is 9.85. The Morgan fingerprint density at radius 3 is 1.80 bits per heavy atom. The van der Waals surface area contributed by atoms with Crippen molar-refractivity contribution in [3.05, 3.63) is 0 Å². The Morgan fingerprint density at radius 2 is 1.40 bits per heavy atom. The minimum atomic E-state index is -0.762. The fraction of sp³-hybridized carbons (Fsp3) is 0.875. The minimum Gasteiger partial charge on any atom is -0.465 e. The molecule has 0 fully saturated rings. The van der Waals surface area contributed by atoms with E-state index in [1.807, 2.05) is 6.92 Å². The number of unbranched alkanes of at least 4 members (excludes halogenated alkanes) is 3. The van der Waals surface area contributed by atoms with Gasteiger partial charge in [-0.25, -0.2) is 0 Å². The molecule has 1 unspecified atom stereocenters. The number of hydrogen-bond acceptors (Lipinski definition) is 4. The number of esters is 2. The molecule has 0 saturated carbocycles. The highest BCUT2D eigenvalue weighted by Gasteiger charge is 2.36. The molecule has 0 bridgehead atoms. The molecular weight excluding hydrogens is 256 g/mol. The van der Waals surface area contributed by atoms with E-state index in [9.17, 15) is 9.59 Å². The highest BCUT2D eigenvalue weighted by molar-refractivity contribution is 5.95. The summed E-state index contributed by atoms with van der Waals surface area (Å²) in [5.74, 6) is -1.62. The molecule has 0 aromatic carbocycles. The van der Waals surface area contributed by atoms with E-state index in [0.29, 0.717) is 13.2 Å². The van der Waals surface area contributed by atoms with E-state index >= 15 is 0 Å². The molecule has 0 spiro atoms. The van der Waals surface area contributed by atoms with Gasteiger partial charge in [-0.1, -0.05) is 46.0 Å². The van der Waals surface area contributed by atoms with Crippen molar-refractivity contribution in [2.45, 2.75) is 66.2 Å². The molecule has 0 heterocycles. The van der Waals surface area contributed by atoms with E-state index in [4.69, 9.17) is 9.47 Å². The fourth-order valence-electron chi connectivity index (χ4n) is 2.38.